The maximum Gasteiger partial charge on any atom is 0.309 e. The highest BCUT2D eigenvalue weighted by molar-refractivity contribution is 5.73. The molecule has 0 bridgehead atoms. The highest BCUT2D eigenvalue weighted by Gasteiger charge is 2.40. The van der Waals surface area contributed by atoms with E-state index in [0.717, 1.165) is 37.9 Å². The second-order valence-corrected chi connectivity index (χ2v) is 6.92. The van der Waals surface area contributed by atoms with Crippen molar-refractivity contribution in [1.29, 1.82) is 0 Å². The van der Waals surface area contributed by atoms with E-state index in [-0.39, 0.29) is 23.9 Å². The summed E-state index contributed by atoms with van der Waals surface area (Å²) in [6.45, 7) is 14.7. The molecular weight excluding hydrogens is 252 g/mol. The van der Waals surface area contributed by atoms with Crippen molar-refractivity contribution in [3.05, 3.63) is 12.2 Å². The van der Waals surface area contributed by atoms with Gasteiger partial charge in [-0.05, 0) is 47.0 Å². The molecule has 0 aromatic heterocycles. The molecule has 1 aliphatic carbocycles. The Morgan fingerprint density at radius 2 is 1.95 bits per heavy atom. The zero-order chi connectivity index (χ0) is 15.3. The molecule has 1 aliphatic rings. The molecule has 3 atom stereocenters. The van der Waals surface area contributed by atoms with Crippen molar-refractivity contribution in [2.24, 2.45) is 11.8 Å². The summed E-state index contributed by atoms with van der Waals surface area (Å²) in [5.74, 6) is 0.136. The summed E-state index contributed by atoms with van der Waals surface area (Å²) in [6, 6.07) is 0. The molecule has 0 saturated heterocycles. The van der Waals surface area contributed by atoms with Crippen LogP contribution in [0.5, 0.6) is 0 Å². The molecule has 0 N–H and O–H groups in total. The molecule has 0 unspecified atom stereocenters. The van der Waals surface area contributed by atoms with Crippen LogP contribution in [0, 0.1) is 11.8 Å². The summed E-state index contributed by atoms with van der Waals surface area (Å²) in [4.78, 5) is 12.2. The third kappa shape index (κ3) is 5.28. The van der Waals surface area contributed by atoms with Crippen LogP contribution in [0.25, 0.3) is 0 Å². The van der Waals surface area contributed by atoms with Gasteiger partial charge in [-0.3, -0.25) is 4.79 Å². The van der Waals surface area contributed by atoms with Crippen molar-refractivity contribution >= 4 is 5.97 Å². The second-order valence-electron chi connectivity index (χ2n) is 6.92. The monoisotopic (exact) mass is 282 g/mol. The number of esters is 1. The molecule has 1 saturated carbocycles. The van der Waals surface area contributed by atoms with Crippen LogP contribution in [0.3, 0.4) is 0 Å². The lowest BCUT2D eigenvalue weighted by Crippen LogP contribution is -2.28. The maximum atomic E-state index is 12.2. The topological polar surface area (TPSA) is 35.5 Å². The third-order valence-electron chi connectivity index (χ3n) is 3.71. The van der Waals surface area contributed by atoms with E-state index in [0.29, 0.717) is 0 Å². The van der Waals surface area contributed by atoms with E-state index < -0.39 is 5.60 Å². The number of carbonyl (C=O) groups excluding carboxylic acids is 1. The highest BCUT2D eigenvalue weighted by atomic mass is 16.6. The Hall–Kier alpha value is -0.830. The number of hydrogen-bond acceptors (Lipinski definition) is 3. The number of ether oxygens (including phenoxy) is 2. The number of hydrogen-bond donors (Lipinski definition) is 0. The fourth-order valence-corrected chi connectivity index (χ4v) is 2.66. The molecule has 0 heterocycles. The first-order valence-electron chi connectivity index (χ1n) is 7.74. The van der Waals surface area contributed by atoms with Crippen LogP contribution in [0.15, 0.2) is 12.2 Å². The van der Waals surface area contributed by atoms with Crippen molar-refractivity contribution in [2.75, 3.05) is 6.61 Å². The molecule has 3 heteroatoms. The summed E-state index contributed by atoms with van der Waals surface area (Å²) in [5.41, 5.74) is 0.689. The standard InChI is InChI=1S/C17H30O3/c1-7-8-9-19-15-11-13(10-14(15)12(2)3)16(18)20-17(4,5)6/h13-15H,2,7-11H2,1,3-6H3/t13-,14+,15+/m0/s1. The van der Waals surface area contributed by atoms with Crippen LogP contribution in [0.2, 0.25) is 0 Å². The van der Waals surface area contributed by atoms with E-state index in [2.05, 4.69) is 13.5 Å². The average Bonchev–Trinajstić information content (AvgIpc) is 2.71. The maximum absolute atomic E-state index is 12.2. The van der Waals surface area contributed by atoms with Gasteiger partial charge >= 0.3 is 5.97 Å². The largest absolute Gasteiger partial charge is 0.460 e. The van der Waals surface area contributed by atoms with Gasteiger partial charge in [0.25, 0.3) is 0 Å². The van der Waals surface area contributed by atoms with E-state index >= 15 is 0 Å². The summed E-state index contributed by atoms with van der Waals surface area (Å²) >= 11 is 0. The van der Waals surface area contributed by atoms with Crippen LogP contribution >= 0.6 is 0 Å². The minimum atomic E-state index is -0.420. The molecule has 0 spiro atoms. The van der Waals surface area contributed by atoms with Gasteiger partial charge in [0.05, 0.1) is 12.0 Å². The molecule has 0 aliphatic heterocycles. The van der Waals surface area contributed by atoms with Crippen molar-refractivity contribution in [2.45, 2.75) is 72.0 Å². The molecule has 3 nitrogen and oxygen atoms in total. The summed E-state index contributed by atoms with van der Waals surface area (Å²) in [5, 5.41) is 0. The highest BCUT2D eigenvalue weighted by Crippen LogP contribution is 2.38. The first-order valence-corrected chi connectivity index (χ1v) is 7.74. The van der Waals surface area contributed by atoms with Gasteiger partial charge in [0.1, 0.15) is 5.60 Å². The molecule has 1 fully saturated rings. The Balaban J connectivity index is 2.60. The Kier molecular flexibility index (Phi) is 6.25. The third-order valence-corrected chi connectivity index (χ3v) is 3.71. The molecule has 0 radical (unpaired) electrons. The van der Waals surface area contributed by atoms with Crippen LogP contribution in [0.1, 0.15) is 60.3 Å². The fourth-order valence-electron chi connectivity index (χ4n) is 2.66. The molecule has 20 heavy (non-hydrogen) atoms. The Bertz CT molecular complexity index is 341. The van der Waals surface area contributed by atoms with Gasteiger partial charge in [0, 0.05) is 12.5 Å². The summed E-state index contributed by atoms with van der Waals surface area (Å²) in [6.07, 6.45) is 3.88. The second kappa shape index (κ2) is 7.26. The van der Waals surface area contributed by atoms with Gasteiger partial charge in [-0.1, -0.05) is 25.5 Å². The summed E-state index contributed by atoms with van der Waals surface area (Å²) < 4.78 is 11.5. The molecule has 1 rings (SSSR count). The lowest BCUT2D eigenvalue weighted by molar-refractivity contribution is -0.160. The van der Waals surface area contributed by atoms with Gasteiger partial charge in [-0.25, -0.2) is 0 Å². The van der Waals surface area contributed by atoms with Crippen LogP contribution in [-0.2, 0) is 14.3 Å². The van der Waals surface area contributed by atoms with Crippen molar-refractivity contribution in [3.63, 3.8) is 0 Å². The zero-order valence-electron chi connectivity index (χ0n) is 13.7. The number of rotatable bonds is 6. The van der Waals surface area contributed by atoms with Gasteiger partial charge in [0.2, 0.25) is 0 Å². The zero-order valence-corrected chi connectivity index (χ0v) is 13.7. The lowest BCUT2D eigenvalue weighted by Gasteiger charge is -2.22. The first-order chi connectivity index (χ1) is 9.24. The Morgan fingerprint density at radius 1 is 1.30 bits per heavy atom. The minimum absolute atomic E-state index is 0.0532. The molecule has 0 aromatic rings. The smallest absolute Gasteiger partial charge is 0.309 e. The Labute approximate surface area is 123 Å². The van der Waals surface area contributed by atoms with Gasteiger partial charge in [-0.2, -0.15) is 0 Å². The molecule has 116 valence electrons. The van der Waals surface area contributed by atoms with E-state index in [9.17, 15) is 4.79 Å². The predicted octanol–water partition coefficient (Wildman–Crippen LogP) is 4.12. The quantitative estimate of drug-likeness (QED) is 0.418. The molecule has 0 amide bonds. The van der Waals surface area contributed by atoms with Crippen LogP contribution in [0.4, 0.5) is 0 Å². The number of carbonyl (C=O) groups is 1. The van der Waals surface area contributed by atoms with Crippen LogP contribution in [-0.4, -0.2) is 24.3 Å². The average molecular weight is 282 g/mol. The fraction of sp³-hybridized carbons (Fsp3) is 0.824. The van der Waals surface area contributed by atoms with E-state index in [1.165, 1.54) is 0 Å². The minimum Gasteiger partial charge on any atom is -0.460 e. The number of unbranched alkanes of at least 4 members (excludes halogenated alkanes) is 1. The normalized spacial score (nSPS) is 26.6. The summed E-state index contributed by atoms with van der Waals surface area (Å²) in [7, 11) is 0. The van der Waals surface area contributed by atoms with Gasteiger partial charge < -0.3 is 9.47 Å². The molecule has 0 aromatic carbocycles. The van der Waals surface area contributed by atoms with Gasteiger partial charge in [0.15, 0.2) is 0 Å². The van der Waals surface area contributed by atoms with Crippen LogP contribution < -0.4 is 0 Å². The van der Waals surface area contributed by atoms with Crippen molar-refractivity contribution in [1.82, 2.24) is 0 Å². The predicted molar refractivity (Wildman–Crippen MR) is 81.5 cm³/mol. The van der Waals surface area contributed by atoms with E-state index in [4.69, 9.17) is 9.47 Å². The van der Waals surface area contributed by atoms with Crippen molar-refractivity contribution in [3.8, 4) is 0 Å². The Morgan fingerprint density at radius 3 is 2.45 bits per heavy atom. The first kappa shape index (κ1) is 17.2. The van der Waals surface area contributed by atoms with Gasteiger partial charge in [-0.15, -0.1) is 0 Å². The molecular formula is C17H30O3. The van der Waals surface area contributed by atoms with E-state index in [1.54, 1.807) is 0 Å². The van der Waals surface area contributed by atoms with E-state index in [1.807, 2.05) is 27.7 Å². The van der Waals surface area contributed by atoms with Crippen molar-refractivity contribution < 1.29 is 14.3 Å². The SMILES string of the molecule is C=C(C)[C@H]1C[C@H](C(=O)OC(C)(C)C)C[C@H]1OCCCC. The lowest BCUT2D eigenvalue weighted by atomic mass is 9.97.